The maximum Gasteiger partial charge on any atom is 0.240 e. The Morgan fingerprint density at radius 2 is 2.00 bits per heavy atom. The van der Waals surface area contributed by atoms with Crippen molar-refractivity contribution in [1.29, 1.82) is 0 Å². The van der Waals surface area contributed by atoms with Crippen LogP contribution in [0.15, 0.2) is 29.2 Å². The molecule has 1 aliphatic rings. The Bertz CT molecular complexity index is 643. The Labute approximate surface area is 138 Å². The minimum Gasteiger partial charge on any atom is -0.340 e. The van der Waals surface area contributed by atoms with Crippen LogP contribution in [0.5, 0.6) is 0 Å². The lowest BCUT2D eigenvalue weighted by Crippen LogP contribution is -2.37. The molecule has 0 saturated carbocycles. The third-order valence-corrected chi connectivity index (χ3v) is 5.75. The second-order valence-electron chi connectivity index (χ2n) is 6.19. The molecule has 0 radical (unpaired) electrons. The molecule has 7 heteroatoms. The topological polar surface area (TPSA) is 92.5 Å². The van der Waals surface area contributed by atoms with Crippen molar-refractivity contribution < 1.29 is 13.2 Å². The van der Waals surface area contributed by atoms with Crippen LogP contribution in [-0.4, -0.2) is 44.9 Å². The normalized spacial score (nSPS) is 21.6. The molecule has 128 valence electrons. The molecule has 1 aromatic carbocycles. The fraction of sp³-hybridized carbons (Fsp3) is 0.562. The number of sulfonamides is 1. The number of carbonyl (C=O) groups excluding carboxylic acids is 1. The van der Waals surface area contributed by atoms with E-state index >= 15 is 0 Å². The highest BCUT2D eigenvalue weighted by atomic mass is 32.2. The molecule has 23 heavy (non-hydrogen) atoms. The predicted octanol–water partition coefficient (Wildman–Crippen LogP) is 0.859. The zero-order valence-electron chi connectivity index (χ0n) is 13.7. The van der Waals surface area contributed by atoms with Gasteiger partial charge in [0, 0.05) is 25.6 Å². The Morgan fingerprint density at radius 3 is 2.57 bits per heavy atom. The number of hydrogen-bond acceptors (Lipinski definition) is 4. The van der Waals surface area contributed by atoms with E-state index in [0.29, 0.717) is 19.0 Å². The number of benzene rings is 1. The van der Waals surface area contributed by atoms with Gasteiger partial charge in [0.15, 0.2) is 0 Å². The zero-order valence-corrected chi connectivity index (χ0v) is 14.5. The van der Waals surface area contributed by atoms with Crippen molar-refractivity contribution in [3.63, 3.8) is 0 Å². The molecule has 0 aliphatic carbocycles. The van der Waals surface area contributed by atoms with E-state index in [-0.39, 0.29) is 29.8 Å². The molecule has 1 aromatic rings. The molecule has 6 nitrogen and oxygen atoms in total. The number of aryl methyl sites for hydroxylation is 1. The molecule has 2 rings (SSSR count). The summed E-state index contributed by atoms with van der Waals surface area (Å²) < 4.78 is 26.8. The van der Waals surface area contributed by atoms with Crippen LogP contribution in [0.1, 0.15) is 25.3 Å². The van der Waals surface area contributed by atoms with E-state index in [0.717, 1.165) is 12.0 Å². The number of likely N-dealkylation sites (tertiary alicyclic amines) is 1. The fourth-order valence-corrected chi connectivity index (χ4v) is 3.93. The van der Waals surface area contributed by atoms with Gasteiger partial charge < -0.3 is 10.6 Å². The van der Waals surface area contributed by atoms with Crippen molar-refractivity contribution in [3.05, 3.63) is 29.8 Å². The predicted molar refractivity (Wildman–Crippen MR) is 89.3 cm³/mol. The van der Waals surface area contributed by atoms with Gasteiger partial charge in [-0.25, -0.2) is 13.1 Å². The number of carbonyl (C=O) groups is 1. The molecule has 1 amide bonds. The van der Waals surface area contributed by atoms with Crippen LogP contribution in [0, 0.1) is 12.8 Å². The average Bonchev–Trinajstić information content (AvgIpc) is 2.88. The summed E-state index contributed by atoms with van der Waals surface area (Å²) in [5.74, 6) is 0.318. The molecule has 2 unspecified atom stereocenters. The van der Waals surface area contributed by atoms with Crippen molar-refractivity contribution in [2.24, 2.45) is 11.7 Å². The molecule has 0 aromatic heterocycles. The molecule has 3 N–H and O–H groups in total. The Kier molecular flexibility index (Phi) is 5.78. The van der Waals surface area contributed by atoms with Gasteiger partial charge in [-0.2, -0.15) is 0 Å². The maximum atomic E-state index is 12.2. The first kappa shape index (κ1) is 17.9. The number of nitrogens with one attached hydrogen (secondary N) is 1. The van der Waals surface area contributed by atoms with Crippen LogP contribution >= 0.6 is 0 Å². The van der Waals surface area contributed by atoms with Crippen LogP contribution in [-0.2, 0) is 14.8 Å². The van der Waals surface area contributed by atoms with Gasteiger partial charge in [-0.3, -0.25) is 4.79 Å². The first-order chi connectivity index (χ1) is 10.8. The second kappa shape index (κ2) is 7.42. The average molecular weight is 339 g/mol. The van der Waals surface area contributed by atoms with E-state index in [9.17, 15) is 13.2 Å². The lowest BCUT2D eigenvalue weighted by Gasteiger charge is -2.21. The van der Waals surface area contributed by atoms with Gasteiger partial charge in [-0.05, 0) is 44.9 Å². The minimum atomic E-state index is -3.57. The molecule has 1 heterocycles. The summed E-state index contributed by atoms with van der Waals surface area (Å²) in [7, 11) is -3.57. The number of nitrogens with zero attached hydrogens (tertiary/aromatic N) is 1. The lowest BCUT2D eigenvalue weighted by atomic mass is 10.1. The fourth-order valence-electron chi connectivity index (χ4n) is 2.90. The van der Waals surface area contributed by atoms with Gasteiger partial charge in [0.05, 0.1) is 4.90 Å². The summed E-state index contributed by atoms with van der Waals surface area (Å²) in [6.45, 7) is 5.25. The monoisotopic (exact) mass is 339 g/mol. The summed E-state index contributed by atoms with van der Waals surface area (Å²) in [6, 6.07) is 6.80. The van der Waals surface area contributed by atoms with E-state index < -0.39 is 10.0 Å². The van der Waals surface area contributed by atoms with Crippen molar-refractivity contribution in [2.45, 2.75) is 37.6 Å². The van der Waals surface area contributed by atoms with Crippen LogP contribution in [0.2, 0.25) is 0 Å². The van der Waals surface area contributed by atoms with Crippen LogP contribution in [0.25, 0.3) is 0 Å². The highest BCUT2D eigenvalue weighted by molar-refractivity contribution is 7.89. The van der Waals surface area contributed by atoms with Gasteiger partial charge in [-0.1, -0.05) is 17.7 Å². The van der Waals surface area contributed by atoms with Crippen LogP contribution in [0.4, 0.5) is 0 Å². The first-order valence-corrected chi connectivity index (χ1v) is 9.37. The molecule has 2 atom stereocenters. The number of hydrogen-bond donors (Lipinski definition) is 2. The Balaban J connectivity index is 1.87. The molecule has 0 spiro atoms. The minimum absolute atomic E-state index is 0.0277. The van der Waals surface area contributed by atoms with E-state index in [1.54, 1.807) is 29.2 Å². The van der Waals surface area contributed by atoms with Gasteiger partial charge in [-0.15, -0.1) is 0 Å². The van der Waals surface area contributed by atoms with Crippen molar-refractivity contribution in [1.82, 2.24) is 9.62 Å². The summed E-state index contributed by atoms with van der Waals surface area (Å²) >= 11 is 0. The van der Waals surface area contributed by atoms with Crippen LogP contribution < -0.4 is 10.5 Å². The number of nitrogens with two attached hydrogens (primary N) is 1. The summed E-state index contributed by atoms with van der Waals surface area (Å²) in [4.78, 5) is 14.3. The maximum absolute atomic E-state index is 12.2. The SMILES string of the molecule is Cc1ccc(S(=O)(=O)NCCC(=O)N2CC(CN)CC2C)cc1. The summed E-state index contributed by atoms with van der Waals surface area (Å²) in [5, 5.41) is 0. The smallest absolute Gasteiger partial charge is 0.240 e. The number of amides is 1. The molecular formula is C16H25N3O3S. The van der Waals surface area contributed by atoms with Gasteiger partial charge in [0.25, 0.3) is 0 Å². The van der Waals surface area contributed by atoms with E-state index in [4.69, 9.17) is 5.73 Å². The van der Waals surface area contributed by atoms with E-state index in [2.05, 4.69) is 4.72 Å². The van der Waals surface area contributed by atoms with Crippen molar-refractivity contribution in [3.8, 4) is 0 Å². The standard InChI is InChI=1S/C16H25N3O3S/c1-12-3-5-15(6-4-12)23(21,22)18-8-7-16(20)19-11-14(10-17)9-13(19)2/h3-6,13-14,18H,7-11,17H2,1-2H3. The van der Waals surface area contributed by atoms with Crippen LogP contribution in [0.3, 0.4) is 0 Å². The van der Waals surface area contributed by atoms with E-state index in [1.807, 2.05) is 13.8 Å². The van der Waals surface area contributed by atoms with Crippen molar-refractivity contribution >= 4 is 15.9 Å². The number of rotatable bonds is 6. The summed E-state index contributed by atoms with van der Waals surface area (Å²) in [5.41, 5.74) is 6.66. The highest BCUT2D eigenvalue weighted by Gasteiger charge is 2.31. The Hall–Kier alpha value is -1.44. The van der Waals surface area contributed by atoms with Gasteiger partial charge >= 0.3 is 0 Å². The quantitative estimate of drug-likeness (QED) is 0.804. The molecular weight excluding hydrogens is 314 g/mol. The Morgan fingerprint density at radius 1 is 1.35 bits per heavy atom. The molecule has 0 bridgehead atoms. The summed E-state index contributed by atoms with van der Waals surface area (Å²) in [6.07, 6.45) is 1.07. The lowest BCUT2D eigenvalue weighted by molar-refractivity contribution is -0.131. The van der Waals surface area contributed by atoms with Gasteiger partial charge in [0.2, 0.25) is 15.9 Å². The molecule has 1 fully saturated rings. The van der Waals surface area contributed by atoms with Gasteiger partial charge in [0.1, 0.15) is 0 Å². The zero-order chi connectivity index (χ0) is 17.0. The largest absolute Gasteiger partial charge is 0.340 e. The van der Waals surface area contributed by atoms with Crippen molar-refractivity contribution in [2.75, 3.05) is 19.6 Å². The third kappa shape index (κ3) is 4.53. The third-order valence-electron chi connectivity index (χ3n) is 4.28. The first-order valence-electron chi connectivity index (χ1n) is 7.89. The molecule has 1 saturated heterocycles. The second-order valence-corrected chi connectivity index (χ2v) is 7.96. The molecule has 1 aliphatic heterocycles. The highest BCUT2D eigenvalue weighted by Crippen LogP contribution is 2.22. The van der Waals surface area contributed by atoms with E-state index in [1.165, 1.54) is 0 Å².